The fraction of sp³-hybridized carbons (Fsp3) is 0.879. The van der Waals surface area contributed by atoms with Crippen LogP contribution in [0.1, 0.15) is 299 Å². The molecule has 0 aliphatic rings. The van der Waals surface area contributed by atoms with Gasteiger partial charge in [-0.05, 0) is 69.1 Å². The third-order valence-corrected chi connectivity index (χ3v) is 16.4. The van der Waals surface area contributed by atoms with Gasteiger partial charge in [0.1, 0.15) is 19.3 Å². The van der Waals surface area contributed by atoms with E-state index in [0.29, 0.717) is 37.5 Å². The Balaban J connectivity index is 5.27. The Hall–Kier alpha value is -2.46. The van der Waals surface area contributed by atoms with E-state index in [-0.39, 0.29) is 25.7 Å². The van der Waals surface area contributed by atoms with Gasteiger partial charge < -0.3 is 33.8 Å². The molecule has 0 rings (SSSR count). The van der Waals surface area contributed by atoms with Gasteiger partial charge in [-0.2, -0.15) is 0 Å². The minimum atomic E-state index is -4.95. The van der Waals surface area contributed by atoms with Gasteiger partial charge >= 0.3 is 39.5 Å². The monoisotopic (exact) mass is 1250 g/mol. The molecule has 85 heavy (non-hydrogen) atoms. The molecule has 19 heteroatoms. The van der Waals surface area contributed by atoms with E-state index in [1.54, 1.807) is 0 Å². The highest BCUT2D eigenvalue weighted by Gasteiger charge is 2.30. The molecule has 0 saturated heterocycles. The van der Waals surface area contributed by atoms with Crippen molar-refractivity contribution in [1.82, 2.24) is 0 Å². The average Bonchev–Trinajstić information content (AvgIpc) is 3.51. The summed E-state index contributed by atoms with van der Waals surface area (Å²) in [6, 6.07) is 0. The highest BCUT2D eigenvalue weighted by molar-refractivity contribution is 7.47. The van der Waals surface area contributed by atoms with E-state index in [1.165, 1.54) is 89.9 Å². The number of ether oxygens (including phenoxy) is 4. The Kier molecular flexibility index (Phi) is 55.1. The average molecular weight is 1250 g/mol. The highest BCUT2D eigenvalue weighted by Crippen LogP contribution is 2.45. The second kappa shape index (κ2) is 56.8. The van der Waals surface area contributed by atoms with Crippen LogP contribution >= 0.6 is 15.6 Å². The van der Waals surface area contributed by atoms with E-state index in [9.17, 15) is 43.2 Å². The van der Waals surface area contributed by atoms with Crippen LogP contribution in [-0.4, -0.2) is 96.7 Å². The number of hydrogen-bond acceptors (Lipinski definition) is 15. The number of carbonyl (C=O) groups excluding carboxylic acids is 4. The van der Waals surface area contributed by atoms with E-state index < -0.39 is 97.5 Å². The zero-order chi connectivity index (χ0) is 63.1. The summed E-state index contributed by atoms with van der Waals surface area (Å²) in [5.74, 6) is -0.0736. The first-order chi connectivity index (χ1) is 40.7. The lowest BCUT2D eigenvalue weighted by atomic mass is 10.0. The standard InChI is InChI=1S/C66H124O17P2/c1-8-9-10-11-12-13-14-15-16-17-18-19-26-35-42-49-65(70)82-62(54-77-64(69)48-41-34-29-28-32-39-46-59(6)7)56-81-85(74,75)79-52-60(67)51-78-84(72,73)80-55-61(83-66(71)50-43-36-27-22-24-31-38-45-58(4)5)53-76-63(68)47-40-33-25-21-20-23-30-37-44-57(2)3/h13-16,57-62,67H,8-12,17-56H2,1-7H3,(H,72,73)(H,74,75)/b14-13-,16-15-/t60-,61-,62-/m1/s1. The molecule has 0 saturated carbocycles. The smallest absolute Gasteiger partial charge is 0.462 e. The van der Waals surface area contributed by atoms with E-state index in [1.807, 2.05) is 0 Å². The number of aliphatic hydroxyl groups excluding tert-OH is 1. The molecule has 2 unspecified atom stereocenters. The summed E-state index contributed by atoms with van der Waals surface area (Å²) in [5.41, 5.74) is 0. The van der Waals surface area contributed by atoms with Crippen molar-refractivity contribution < 1.29 is 80.2 Å². The van der Waals surface area contributed by atoms with Crippen molar-refractivity contribution in [3.8, 4) is 0 Å². The third-order valence-electron chi connectivity index (χ3n) is 14.5. The quantitative estimate of drug-likeness (QED) is 0.0169. The Morgan fingerprint density at radius 1 is 0.365 bits per heavy atom. The summed E-state index contributed by atoms with van der Waals surface area (Å²) in [5, 5.41) is 10.5. The largest absolute Gasteiger partial charge is 0.472 e. The van der Waals surface area contributed by atoms with Crippen molar-refractivity contribution in [2.24, 2.45) is 17.8 Å². The number of allylic oxidation sites excluding steroid dienone is 4. The number of phosphoric ester groups is 2. The fourth-order valence-electron chi connectivity index (χ4n) is 9.29. The predicted molar refractivity (Wildman–Crippen MR) is 340 cm³/mol. The molecule has 0 amide bonds. The Labute approximate surface area is 516 Å². The van der Waals surface area contributed by atoms with Gasteiger partial charge in [0, 0.05) is 25.7 Å². The third kappa shape index (κ3) is 60.2. The van der Waals surface area contributed by atoms with Gasteiger partial charge in [0.2, 0.25) is 0 Å². The van der Waals surface area contributed by atoms with Gasteiger partial charge in [0.05, 0.1) is 26.4 Å². The normalized spacial score (nSPS) is 14.5. The number of phosphoric acid groups is 2. The van der Waals surface area contributed by atoms with Crippen LogP contribution in [-0.2, 0) is 65.4 Å². The molecule has 5 atom stereocenters. The first-order valence-electron chi connectivity index (χ1n) is 33.7. The van der Waals surface area contributed by atoms with Crippen LogP contribution in [0.25, 0.3) is 0 Å². The topological polar surface area (TPSA) is 237 Å². The molecule has 0 aliphatic carbocycles. The van der Waals surface area contributed by atoms with Gasteiger partial charge in [0.15, 0.2) is 12.2 Å². The molecule has 0 aromatic carbocycles. The van der Waals surface area contributed by atoms with Crippen LogP contribution in [0.4, 0.5) is 0 Å². The molecule has 0 spiro atoms. The molecule has 0 radical (unpaired) electrons. The molecule has 0 aromatic rings. The van der Waals surface area contributed by atoms with Crippen LogP contribution < -0.4 is 0 Å². The van der Waals surface area contributed by atoms with E-state index in [4.69, 9.17) is 37.0 Å². The summed E-state index contributed by atoms with van der Waals surface area (Å²) in [6.07, 6.45) is 41.5. The second-order valence-electron chi connectivity index (χ2n) is 24.6. The number of aliphatic hydroxyl groups is 1. The minimum Gasteiger partial charge on any atom is -0.462 e. The van der Waals surface area contributed by atoms with Crippen molar-refractivity contribution in [2.45, 2.75) is 317 Å². The maximum atomic E-state index is 13.0. The molecular formula is C66H124O17P2. The molecule has 3 N–H and O–H groups in total. The van der Waals surface area contributed by atoms with Crippen LogP contribution in [0.5, 0.6) is 0 Å². The Bertz CT molecular complexity index is 1770. The predicted octanol–water partition coefficient (Wildman–Crippen LogP) is 17.8. The maximum Gasteiger partial charge on any atom is 0.472 e. The summed E-state index contributed by atoms with van der Waals surface area (Å²) in [7, 11) is -9.90. The van der Waals surface area contributed by atoms with Gasteiger partial charge in [-0.3, -0.25) is 37.3 Å². The van der Waals surface area contributed by atoms with Crippen LogP contribution in [0.15, 0.2) is 24.3 Å². The molecule has 0 fully saturated rings. The van der Waals surface area contributed by atoms with Crippen molar-refractivity contribution in [1.29, 1.82) is 0 Å². The molecule has 17 nitrogen and oxygen atoms in total. The summed E-state index contributed by atoms with van der Waals surface area (Å²) in [4.78, 5) is 72.2. The Morgan fingerprint density at radius 2 is 0.635 bits per heavy atom. The zero-order valence-electron chi connectivity index (χ0n) is 54.5. The molecule has 500 valence electrons. The first-order valence-corrected chi connectivity index (χ1v) is 36.7. The molecule has 0 heterocycles. The van der Waals surface area contributed by atoms with Crippen molar-refractivity contribution in [3.63, 3.8) is 0 Å². The lowest BCUT2D eigenvalue weighted by molar-refractivity contribution is -0.161. The van der Waals surface area contributed by atoms with Crippen molar-refractivity contribution in [2.75, 3.05) is 39.6 Å². The summed E-state index contributed by atoms with van der Waals surface area (Å²) >= 11 is 0. The van der Waals surface area contributed by atoms with Crippen molar-refractivity contribution in [3.05, 3.63) is 24.3 Å². The lowest BCUT2D eigenvalue weighted by Gasteiger charge is -2.21. The number of carbonyl (C=O) groups is 4. The zero-order valence-corrected chi connectivity index (χ0v) is 56.3. The van der Waals surface area contributed by atoms with Gasteiger partial charge in [-0.1, -0.05) is 246 Å². The molecule has 0 aromatic heterocycles. The Morgan fingerprint density at radius 3 is 0.953 bits per heavy atom. The van der Waals surface area contributed by atoms with Crippen molar-refractivity contribution >= 4 is 39.5 Å². The minimum absolute atomic E-state index is 0.0832. The van der Waals surface area contributed by atoms with E-state index >= 15 is 0 Å². The highest BCUT2D eigenvalue weighted by atomic mass is 31.2. The number of rotatable bonds is 62. The first kappa shape index (κ1) is 82.5. The maximum absolute atomic E-state index is 13.0. The lowest BCUT2D eigenvalue weighted by Crippen LogP contribution is -2.30. The van der Waals surface area contributed by atoms with Crippen LogP contribution in [0.3, 0.4) is 0 Å². The van der Waals surface area contributed by atoms with Gasteiger partial charge in [-0.25, -0.2) is 9.13 Å². The number of unbranched alkanes of at least 4 members (excludes halogenated alkanes) is 27. The fourth-order valence-corrected chi connectivity index (χ4v) is 10.9. The second-order valence-corrected chi connectivity index (χ2v) is 27.5. The molecular weight excluding hydrogens is 1130 g/mol. The number of esters is 4. The molecule has 0 bridgehead atoms. The SMILES string of the molecule is CCCCCC/C=C\C=C/CCCCCCCC(=O)O[C@H](COC(=O)CCCCCCCCC(C)C)COP(=O)(O)OC[C@H](O)COP(=O)(O)OC[C@@H](COC(=O)CCCCCCCCCCC(C)C)OC(=O)CCCCCCCCCC(C)C. The van der Waals surface area contributed by atoms with Gasteiger partial charge in [-0.15, -0.1) is 0 Å². The van der Waals surface area contributed by atoms with Crippen LogP contribution in [0, 0.1) is 17.8 Å². The summed E-state index contributed by atoms with van der Waals surface area (Å²) < 4.78 is 68.0. The molecule has 0 aliphatic heterocycles. The van der Waals surface area contributed by atoms with Crippen LogP contribution in [0.2, 0.25) is 0 Å². The number of hydrogen-bond donors (Lipinski definition) is 3. The summed E-state index contributed by atoms with van der Waals surface area (Å²) in [6.45, 7) is 11.6. The van der Waals surface area contributed by atoms with E-state index in [2.05, 4.69) is 72.8 Å². The van der Waals surface area contributed by atoms with Gasteiger partial charge in [0.25, 0.3) is 0 Å². The van der Waals surface area contributed by atoms with E-state index in [0.717, 1.165) is 115 Å².